The molecule has 32 valence electrons. The zero-order valence-corrected chi connectivity index (χ0v) is 2.77. The Morgan fingerprint density at radius 3 is 2.40 bits per heavy atom. The first-order chi connectivity index (χ1) is 2.27. The first-order valence-electron chi connectivity index (χ1n) is 1.49. The van der Waals surface area contributed by atoms with Crippen molar-refractivity contribution < 1.29 is 11.3 Å². The summed E-state index contributed by atoms with van der Waals surface area (Å²) >= 11 is 0. The zero-order valence-electron chi connectivity index (χ0n) is 3.77. The first-order valence-corrected chi connectivity index (χ1v) is 0.781. The SMILES string of the molecule is N.[2H]CC(=O)O. The summed E-state index contributed by atoms with van der Waals surface area (Å²) in [5.74, 6) is -1.08. The summed E-state index contributed by atoms with van der Waals surface area (Å²) in [6.07, 6.45) is 0. The number of rotatable bonds is 0. The van der Waals surface area contributed by atoms with Crippen molar-refractivity contribution in [1.82, 2.24) is 6.15 Å². The van der Waals surface area contributed by atoms with Crippen molar-refractivity contribution >= 4 is 5.97 Å². The predicted molar refractivity (Wildman–Crippen MR) is 18.3 cm³/mol. The van der Waals surface area contributed by atoms with E-state index in [9.17, 15) is 4.79 Å². The van der Waals surface area contributed by atoms with E-state index in [2.05, 4.69) is 0 Å². The molecule has 3 heteroatoms. The van der Waals surface area contributed by atoms with Crippen LogP contribution in [0.2, 0.25) is 0 Å². The molecule has 0 amide bonds. The van der Waals surface area contributed by atoms with E-state index < -0.39 is 12.9 Å². The van der Waals surface area contributed by atoms with Gasteiger partial charge < -0.3 is 11.3 Å². The maximum absolute atomic E-state index is 9.18. The lowest BCUT2D eigenvalue weighted by Gasteiger charge is -1.59. The van der Waals surface area contributed by atoms with Crippen LogP contribution < -0.4 is 6.15 Å². The molecule has 0 aromatic heterocycles. The monoisotopic (exact) mass is 78.1 g/mol. The number of carbonyl (C=O) groups is 1. The predicted octanol–water partition coefficient (Wildman–Crippen LogP) is 0.253. The van der Waals surface area contributed by atoms with Gasteiger partial charge in [0.25, 0.3) is 5.97 Å². The second kappa shape index (κ2) is 3.43. The Balaban J connectivity index is 0. The Hall–Kier alpha value is -0.570. The van der Waals surface area contributed by atoms with Crippen LogP contribution in [0.15, 0.2) is 0 Å². The highest BCUT2D eigenvalue weighted by atomic mass is 16.4. The Kier molecular flexibility index (Phi) is 3.04. The maximum Gasteiger partial charge on any atom is 0.300 e. The summed E-state index contributed by atoms with van der Waals surface area (Å²) in [5.41, 5.74) is 0. The third-order valence-corrected chi connectivity index (χ3v) is 0. The molecule has 0 aliphatic heterocycles. The molecule has 0 aromatic rings. The van der Waals surface area contributed by atoms with Crippen LogP contribution in [-0.2, 0) is 4.79 Å². The van der Waals surface area contributed by atoms with Crippen molar-refractivity contribution in [3.63, 3.8) is 0 Å². The molecule has 4 N–H and O–H groups in total. The van der Waals surface area contributed by atoms with E-state index in [1.165, 1.54) is 0 Å². The van der Waals surface area contributed by atoms with Gasteiger partial charge in [-0.3, -0.25) is 4.79 Å². The largest absolute Gasteiger partial charge is 0.481 e. The molecular weight excluding hydrogens is 70.0 g/mol. The highest BCUT2D eigenvalue weighted by Gasteiger charge is 1.65. The third-order valence-electron chi connectivity index (χ3n) is 0. The van der Waals surface area contributed by atoms with E-state index >= 15 is 0 Å². The minimum absolute atomic E-state index is 0. The Labute approximate surface area is 31.6 Å². The molecule has 0 radical (unpaired) electrons. The van der Waals surface area contributed by atoms with Gasteiger partial charge in [0, 0.05) is 8.27 Å². The van der Waals surface area contributed by atoms with Gasteiger partial charge in [0.2, 0.25) is 0 Å². The van der Waals surface area contributed by atoms with Crippen LogP contribution in [-0.4, -0.2) is 11.1 Å². The van der Waals surface area contributed by atoms with Crippen LogP contribution in [0.25, 0.3) is 0 Å². The van der Waals surface area contributed by atoms with Crippen LogP contribution >= 0.6 is 0 Å². The highest BCUT2D eigenvalue weighted by molar-refractivity contribution is 5.62. The minimum Gasteiger partial charge on any atom is -0.481 e. The summed E-state index contributed by atoms with van der Waals surface area (Å²) < 4.78 is 6.06. The summed E-state index contributed by atoms with van der Waals surface area (Å²) in [6.45, 7) is -0.528. The molecular formula is C2H7NO2. The molecule has 0 saturated carbocycles. The zero-order chi connectivity index (χ0) is 4.28. The fourth-order valence-corrected chi connectivity index (χ4v) is 0. The van der Waals surface area contributed by atoms with Crippen molar-refractivity contribution in [3.05, 3.63) is 0 Å². The number of hydrogen-bond acceptors (Lipinski definition) is 2. The average Bonchev–Trinajstić information content (AvgIpc) is 1.38. The van der Waals surface area contributed by atoms with E-state index in [0.29, 0.717) is 0 Å². The fraction of sp³-hybridized carbons (Fsp3) is 0.500. The van der Waals surface area contributed by atoms with Crippen LogP contribution in [0, 0.1) is 0 Å². The number of aliphatic carboxylic acids is 1. The molecule has 0 aliphatic carbocycles. The van der Waals surface area contributed by atoms with E-state index in [1.54, 1.807) is 0 Å². The molecule has 0 bridgehead atoms. The van der Waals surface area contributed by atoms with Crippen molar-refractivity contribution in [2.24, 2.45) is 0 Å². The van der Waals surface area contributed by atoms with Gasteiger partial charge in [0.15, 0.2) is 0 Å². The molecule has 0 fully saturated rings. The van der Waals surface area contributed by atoms with Crippen molar-refractivity contribution in [3.8, 4) is 0 Å². The van der Waals surface area contributed by atoms with Gasteiger partial charge in [-0.1, -0.05) is 0 Å². The lowest BCUT2D eigenvalue weighted by molar-refractivity contribution is -0.134. The summed E-state index contributed by atoms with van der Waals surface area (Å²) in [4.78, 5) is 9.18. The van der Waals surface area contributed by atoms with Gasteiger partial charge in [-0.15, -0.1) is 0 Å². The Bertz CT molecular complexity index is 46.8. The third kappa shape index (κ3) is 21.6. The maximum atomic E-state index is 9.18. The average molecular weight is 78.1 g/mol. The fourth-order valence-electron chi connectivity index (χ4n) is 0. The topological polar surface area (TPSA) is 72.3 Å². The molecule has 0 saturated heterocycles. The summed E-state index contributed by atoms with van der Waals surface area (Å²) in [7, 11) is 0. The molecule has 0 aromatic carbocycles. The smallest absolute Gasteiger partial charge is 0.300 e. The van der Waals surface area contributed by atoms with Gasteiger partial charge in [0.05, 0.1) is 0 Å². The summed E-state index contributed by atoms with van der Waals surface area (Å²) in [6, 6.07) is 0. The molecule has 5 heavy (non-hydrogen) atoms. The van der Waals surface area contributed by atoms with Gasteiger partial charge in [-0.2, -0.15) is 0 Å². The molecule has 0 atom stereocenters. The second-order valence-electron chi connectivity index (χ2n) is 0.394. The Morgan fingerprint density at radius 2 is 2.40 bits per heavy atom. The molecule has 0 unspecified atom stereocenters. The van der Waals surface area contributed by atoms with Crippen LogP contribution in [0.4, 0.5) is 0 Å². The number of carboxylic acid groups (broad SMARTS) is 1. The first kappa shape index (κ1) is 4.43. The quantitative estimate of drug-likeness (QED) is 0.436. The van der Waals surface area contributed by atoms with Gasteiger partial charge in [-0.25, -0.2) is 0 Å². The number of hydrogen-bond donors (Lipinski definition) is 2. The van der Waals surface area contributed by atoms with Crippen LogP contribution in [0.3, 0.4) is 0 Å². The van der Waals surface area contributed by atoms with Crippen molar-refractivity contribution in [2.75, 3.05) is 0 Å². The van der Waals surface area contributed by atoms with E-state index in [4.69, 9.17) is 6.48 Å². The normalized spacial score (nSPS) is 7.60. The number of carboxylic acids is 1. The van der Waals surface area contributed by atoms with Crippen molar-refractivity contribution in [1.29, 1.82) is 0 Å². The summed E-state index contributed by atoms with van der Waals surface area (Å²) in [5, 5.41) is 7.53. The molecule has 0 spiro atoms. The molecule has 0 rings (SSSR count). The molecule has 0 heterocycles. The standard InChI is InChI=1S/C2H4O2.H3N/c1-2(3)4;/h1H3,(H,3,4);1H3/i1D;. The van der Waals surface area contributed by atoms with Gasteiger partial charge in [0.1, 0.15) is 0 Å². The van der Waals surface area contributed by atoms with Crippen LogP contribution in [0.5, 0.6) is 0 Å². The van der Waals surface area contributed by atoms with E-state index in [0.717, 1.165) is 0 Å². The lowest BCUT2D eigenvalue weighted by atomic mass is 10.9. The van der Waals surface area contributed by atoms with Gasteiger partial charge in [-0.05, 0) is 0 Å². The Morgan fingerprint density at radius 1 is 2.20 bits per heavy atom. The lowest BCUT2D eigenvalue weighted by Crippen LogP contribution is -1.78. The van der Waals surface area contributed by atoms with Crippen molar-refractivity contribution in [2.45, 2.75) is 6.90 Å². The minimum atomic E-state index is -1.08. The molecule has 3 nitrogen and oxygen atoms in total. The van der Waals surface area contributed by atoms with Crippen LogP contribution in [0.1, 0.15) is 8.27 Å². The van der Waals surface area contributed by atoms with Gasteiger partial charge >= 0.3 is 0 Å². The highest BCUT2D eigenvalue weighted by Crippen LogP contribution is 1.42. The molecule has 0 aliphatic rings. The van der Waals surface area contributed by atoms with E-state index in [-0.39, 0.29) is 6.15 Å². The second-order valence-corrected chi connectivity index (χ2v) is 0.394. The van der Waals surface area contributed by atoms with E-state index in [1.807, 2.05) is 0 Å².